The molecule has 2 aromatic carbocycles. The number of Topliss-reactive ketones (excluding diaryl/α,β-unsaturated/α-hetero) is 1. The SMILES string of the molecule is COc1ccc(C2C(C#N)=C(N)OC3=C2C(=O)CC(c2ccccc2)C3)c(OC)c1. The molecule has 6 heteroatoms. The number of carbonyl (C=O) groups excluding carboxylic acids is 1. The van der Waals surface area contributed by atoms with E-state index in [9.17, 15) is 10.1 Å². The Morgan fingerprint density at radius 1 is 1.10 bits per heavy atom. The van der Waals surface area contributed by atoms with Crippen molar-refractivity contribution in [2.45, 2.75) is 24.7 Å². The molecule has 4 rings (SSSR count). The first-order valence-corrected chi connectivity index (χ1v) is 9.68. The number of carbonyl (C=O) groups is 1. The Kier molecular flexibility index (Phi) is 5.20. The number of benzene rings is 2. The van der Waals surface area contributed by atoms with Crippen LogP contribution in [-0.4, -0.2) is 20.0 Å². The standard InChI is InChI=1S/C24H22N2O4/c1-28-16-8-9-17(20(12-16)29-2)22-18(13-25)24(26)30-21-11-15(10-19(27)23(21)22)14-6-4-3-5-7-14/h3-9,12,15,22H,10-11,26H2,1-2H3. The molecule has 0 spiro atoms. The van der Waals surface area contributed by atoms with Crippen LogP contribution >= 0.6 is 0 Å². The van der Waals surface area contributed by atoms with E-state index >= 15 is 0 Å². The molecule has 1 aliphatic heterocycles. The summed E-state index contributed by atoms with van der Waals surface area (Å²) in [6.45, 7) is 0. The molecule has 2 unspecified atom stereocenters. The summed E-state index contributed by atoms with van der Waals surface area (Å²) in [5.74, 6) is 1.02. The van der Waals surface area contributed by atoms with Crippen LogP contribution in [0, 0.1) is 11.3 Å². The summed E-state index contributed by atoms with van der Waals surface area (Å²) in [5, 5.41) is 9.80. The highest BCUT2D eigenvalue weighted by molar-refractivity contribution is 6.00. The van der Waals surface area contributed by atoms with Crippen molar-refractivity contribution in [3.63, 3.8) is 0 Å². The molecule has 0 amide bonds. The molecule has 1 aliphatic carbocycles. The molecule has 0 aromatic heterocycles. The highest BCUT2D eigenvalue weighted by Crippen LogP contribution is 2.48. The van der Waals surface area contributed by atoms with Crippen molar-refractivity contribution in [2.24, 2.45) is 5.73 Å². The molecule has 0 fully saturated rings. The number of hydrogen-bond donors (Lipinski definition) is 1. The number of nitrogens with two attached hydrogens (primary N) is 1. The van der Waals surface area contributed by atoms with Gasteiger partial charge in [-0.25, -0.2) is 0 Å². The van der Waals surface area contributed by atoms with Gasteiger partial charge < -0.3 is 19.9 Å². The summed E-state index contributed by atoms with van der Waals surface area (Å²) in [5.41, 5.74) is 8.58. The van der Waals surface area contributed by atoms with Gasteiger partial charge in [0.05, 0.1) is 20.1 Å². The average Bonchev–Trinajstić information content (AvgIpc) is 2.78. The fourth-order valence-electron chi connectivity index (χ4n) is 4.24. The number of methoxy groups -OCH3 is 2. The fraction of sp³-hybridized carbons (Fsp3) is 0.250. The number of allylic oxidation sites excluding steroid dienone is 3. The predicted molar refractivity (Wildman–Crippen MR) is 111 cm³/mol. The average molecular weight is 402 g/mol. The second-order valence-corrected chi connectivity index (χ2v) is 7.31. The van der Waals surface area contributed by atoms with Gasteiger partial charge in [-0.2, -0.15) is 5.26 Å². The van der Waals surface area contributed by atoms with E-state index in [-0.39, 0.29) is 23.2 Å². The van der Waals surface area contributed by atoms with Crippen molar-refractivity contribution in [1.29, 1.82) is 5.26 Å². The van der Waals surface area contributed by atoms with E-state index in [1.54, 1.807) is 32.4 Å². The summed E-state index contributed by atoms with van der Waals surface area (Å²) in [6, 6.07) is 17.3. The second-order valence-electron chi connectivity index (χ2n) is 7.31. The quantitative estimate of drug-likeness (QED) is 0.833. The van der Waals surface area contributed by atoms with Gasteiger partial charge in [-0.3, -0.25) is 4.79 Å². The first-order chi connectivity index (χ1) is 14.6. The van der Waals surface area contributed by atoms with E-state index in [0.29, 0.717) is 41.2 Å². The van der Waals surface area contributed by atoms with Crippen LogP contribution in [-0.2, 0) is 9.53 Å². The molecule has 30 heavy (non-hydrogen) atoms. The zero-order valence-corrected chi connectivity index (χ0v) is 16.8. The van der Waals surface area contributed by atoms with E-state index in [4.69, 9.17) is 19.9 Å². The summed E-state index contributed by atoms with van der Waals surface area (Å²) < 4.78 is 16.6. The third-order valence-corrected chi connectivity index (χ3v) is 5.68. The molecule has 1 heterocycles. The van der Waals surface area contributed by atoms with E-state index in [2.05, 4.69) is 6.07 Å². The lowest BCUT2D eigenvalue weighted by Gasteiger charge is -2.34. The van der Waals surface area contributed by atoms with Gasteiger partial charge in [0.1, 0.15) is 28.9 Å². The highest BCUT2D eigenvalue weighted by Gasteiger charge is 2.41. The van der Waals surface area contributed by atoms with Crippen LogP contribution in [0.5, 0.6) is 11.5 Å². The Morgan fingerprint density at radius 2 is 1.87 bits per heavy atom. The summed E-state index contributed by atoms with van der Waals surface area (Å²) in [4.78, 5) is 13.3. The van der Waals surface area contributed by atoms with Crippen molar-refractivity contribution in [2.75, 3.05) is 14.2 Å². The summed E-state index contributed by atoms with van der Waals surface area (Å²) >= 11 is 0. The normalized spacial score (nSPS) is 20.9. The Morgan fingerprint density at radius 3 is 2.53 bits per heavy atom. The van der Waals surface area contributed by atoms with Crippen LogP contribution in [0.15, 0.2) is 71.3 Å². The van der Waals surface area contributed by atoms with Crippen LogP contribution in [0.1, 0.15) is 35.8 Å². The fourth-order valence-corrected chi connectivity index (χ4v) is 4.24. The molecule has 0 bridgehead atoms. The van der Waals surface area contributed by atoms with Gasteiger partial charge in [0, 0.05) is 30.0 Å². The van der Waals surface area contributed by atoms with E-state index in [1.807, 2.05) is 30.3 Å². The van der Waals surface area contributed by atoms with Crippen molar-refractivity contribution in [1.82, 2.24) is 0 Å². The third-order valence-electron chi connectivity index (χ3n) is 5.68. The number of ketones is 1. The molecule has 2 aromatic rings. The molecule has 0 saturated heterocycles. The van der Waals surface area contributed by atoms with Crippen LogP contribution < -0.4 is 15.2 Å². The maximum atomic E-state index is 13.3. The molecule has 0 saturated carbocycles. The van der Waals surface area contributed by atoms with E-state index in [1.165, 1.54) is 0 Å². The minimum absolute atomic E-state index is 0.00676. The first kappa shape index (κ1) is 19.6. The van der Waals surface area contributed by atoms with Crippen molar-refractivity contribution in [3.8, 4) is 17.6 Å². The third kappa shape index (κ3) is 3.29. The van der Waals surface area contributed by atoms with Gasteiger partial charge in [-0.1, -0.05) is 36.4 Å². The Labute approximate surface area is 175 Å². The second kappa shape index (κ2) is 7.96. The van der Waals surface area contributed by atoms with Crippen LogP contribution in [0.4, 0.5) is 0 Å². The molecule has 152 valence electrons. The lowest BCUT2D eigenvalue weighted by Crippen LogP contribution is -2.30. The lowest BCUT2D eigenvalue weighted by atomic mass is 9.73. The number of rotatable bonds is 4. The number of ether oxygens (including phenoxy) is 3. The predicted octanol–water partition coefficient (Wildman–Crippen LogP) is 3.91. The topological polar surface area (TPSA) is 94.6 Å². The first-order valence-electron chi connectivity index (χ1n) is 9.68. The Balaban J connectivity index is 1.83. The minimum atomic E-state index is -0.635. The van der Waals surface area contributed by atoms with Crippen molar-refractivity contribution >= 4 is 5.78 Å². The Hall–Kier alpha value is -3.72. The molecule has 6 nitrogen and oxygen atoms in total. The van der Waals surface area contributed by atoms with E-state index in [0.717, 1.165) is 5.56 Å². The van der Waals surface area contributed by atoms with E-state index < -0.39 is 5.92 Å². The highest BCUT2D eigenvalue weighted by atomic mass is 16.5. The maximum absolute atomic E-state index is 13.3. The van der Waals surface area contributed by atoms with Crippen LogP contribution in [0.25, 0.3) is 0 Å². The summed E-state index contributed by atoms with van der Waals surface area (Å²) in [6.07, 6.45) is 0.888. The zero-order chi connectivity index (χ0) is 21.3. The van der Waals surface area contributed by atoms with Gasteiger partial charge >= 0.3 is 0 Å². The maximum Gasteiger partial charge on any atom is 0.205 e. The zero-order valence-electron chi connectivity index (χ0n) is 16.8. The molecule has 0 radical (unpaired) electrons. The van der Waals surface area contributed by atoms with Crippen LogP contribution in [0.2, 0.25) is 0 Å². The molecule has 2 N–H and O–H groups in total. The monoisotopic (exact) mass is 402 g/mol. The van der Waals surface area contributed by atoms with Gasteiger partial charge in [0.25, 0.3) is 0 Å². The molecular weight excluding hydrogens is 380 g/mol. The Bertz CT molecular complexity index is 1100. The van der Waals surface area contributed by atoms with Gasteiger partial charge in [-0.15, -0.1) is 0 Å². The van der Waals surface area contributed by atoms with Crippen molar-refractivity contribution in [3.05, 3.63) is 82.4 Å². The van der Waals surface area contributed by atoms with Gasteiger partial charge in [0.15, 0.2) is 5.78 Å². The molecule has 2 aliphatic rings. The largest absolute Gasteiger partial charge is 0.497 e. The lowest BCUT2D eigenvalue weighted by molar-refractivity contribution is -0.117. The van der Waals surface area contributed by atoms with Gasteiger partial charge in [0.2, 0.25) is 5.88 Å². The number of nitrogens with zero attached hydrogens (tertiary/aromatic N) is 1. The number of nitriles is 1. The minimum Gasteiger partial charge on any atom is -0.497 e. The molecule has 2 atom stereocenters. The van der Waals surface area contributed by atoms with Crippen LogP contribution in [0.3, 0.4) is 0 Å². The van der Waals surface area contributed by atoms with Crippen molar-refractivity contribution < 1.29 is 19.0 Å². The smallest absolute Gasteiger partial charge is 0.205 e. The number of hydrogen-bond acceptors (Lipinski definition) is 6. The molecular formula is C24H22N2O4. The summed E-state index contributed by atoms with van der Waals surface area (Å²) in [7, 11) is 3.11. The van der Waals surface area contributed by atoms with Gasteiger partial charge in [-0.05, 0) is 17.5 Å².